The molecule has 1 saturated heterocycles. The Hall–Kier alpha value is -1.63. The molecule has 2 fully saturated rings. The average Bonchev–Trinajstić information content (AvgIpc) is 2.73. The highest BCUT2D eigenvalue weighted by Gasteiger charge is 2.31. The number of nitrogens with zero attached hydrogens (tertiary/aromatic N) is 2. The van der Waals surface area contributed by atoms with Gasteiger partial charge in [0.1, 0.15) is 0 Å². The monoisotopic (exact) mass is 434 g/mol. The fraction of sp³-hybridized carbons (Fsp3) is 0.652. The van der Waals surface area contributed by atoms with Gasteiger partial charge in [-0.15, -0.1) is 0 Å². The van der Waals surface area contributed by atoms with Crippen molar-refractivity contribution in [2.45, 2.75) is 52.1 Å². The van der Waals surface area contributed by atoms with Crippen molar-refractivity contribution in [1.29, 1.82) is 0 Å². The summed E-state index contributed by atoms with van der Waals surface area (Å²) in [4.78, 5) is 29.5. The van der Waals surface area contributed by atoms with Gasteiger partial charge in [-0.2, -0.15) is 0 Å². The van der Waals surface area contributed by atoms with Crippen LogP contribution in [0.5, 0.6) is 0 Å². The normalized spacial score (nSPS) is 26.7. The van der Waals surface area contributed by atoms with Crippen LogP contribution in [-0.2, 0) is 9.59 Å². The number of carbonyl (C=O) groups is 2. The molecule has 2 N–H and O–H groups in total. The lowest BCUT2D eigenvalue weighted by Crippen LogP contribution is -2.56. The maximum atomic E-state index is 12.8. The summed E-state index contributed by atoms with van der Waals surface area (Å²) in [6, 6.07) is 7.39. The zero-order chi connectivity index (χ0) is 21.7. The predicted molar refractivity (Wildman–Crippen MR) is 122 cm³/mol. The third-order valence-corrected chi connectivity index (χ3v) is 7.21. The molecule has 0 bridgehead atoms. The molecule has 1 heterocycles. The Morgan fingerprint density at radius 3 is 2.53 bits per heavy atom. The summed E-state index contributed by atoms with van der Waals surface area (Å²) in [6.45, 7) is 9.96. The van der Waals surface area contributed by atoms with E-state index in [1.54, 1.807) is 12.1 Å². The van der Waals surface area contributed by atoms with Crippen LogP contribution in [0.1, 0.15) is 40.0 Å². The summed E-state index contributed by atoms with van der Waals surface area (Å²) in [5.41, 5.74) is 0.638. The summed E-state index contributed by atoms with van der Waals surface area (Å²) in [7, 11) is 0. The number of anilines is 1. The van der Waals surface area contributed by atoms with Crippen LogP contribution in [0.25, 0.3) is 0 Å². The Bertz CT molecular complexity index is 736. The number of amides is 2. The minimum atomic E-state index is -0.145. The van der Waals surface area contributed by atoms with Crippen molar-refractivity contribution in [3.05, 3.63) is 29.3 Å². The van der Waals surface area contributed by atoms with Gasteiger partial charge in [-0.25, -0.2) is 0 Å². The lowest BCUT2D eigenvalue weighted by atomic mass is 9.78. The molecular weight excluding hydrogens is 400 g/mol. The fourth-order valence-electron chi connectivity index (χ4n) is 4.52. The van der Waals surface area contributed by atoms with Crippen LogP contribution in [0.3, 0.4) is 0 Å². The Morgan fingerprint density at radius 2 is 1.83 bits per heavy atom. The van der Waals surface area contributed by atoms with Gasteiger partial charge in [0.15, 0.2) is 0 Å². The summed E-state index contributed by atoms with van der Waals surface area (Å²) >= 11 is 6.11. The van der Waals surface area contributed by atoms with Crippen LogP contribution in [0.15, 0.2) is 24.3 Å². The van der Waals surface area contributed by atoms with E-state index in [4.69, 9.17) is 11.6 Å². The smallest absolute Gasteiger partial charge is 0.238 e. The molecule has 2 amide bonds. The second-order valence-corrected chi connectivity index (χ2v) is 9.31. The number of carbonyl (C=O) groups excluding carboxylic acids is 2. The van der Waals surface area contributed by atoms with E-state index in [0.717, 1.165) is 32.6 Å². The van der Waals surface area contributed by atoms with Gasteiger partial charge in [0.05, 0.1) is 23.3 Å². The van der Waals surface area contributed by atoms with Crippen LogP contribution in [0.2, 0.25) is 5.02 Å². The lowest BCUT2D eigenvalue weighted by molar-refractivity contribution is -0.128. The van der Waals surface area contributed by atoms with Crippen molar-refractivity contribution in [3.63, 3.8) is 0 Å². The number of halogens is 1. The van der Waals surface area contributed by atoms with E-state index < -0.39 is 0 Å². The Kier molecular flexibility index (Phi) is 8.14. The van der Waals surface area contributed by atoms with Crippen molar-refractivity contribution < 1.29 is 9.59 Å². The van der Waals surface area contributed by atoms with Crippen molar-refractivity contribution in [2.24, 2.45) is 11.8 Å². The second kappa shape index (κ2) is 10.6. The zero-order valence-corrected chi connectivity index (χ0v) is 19.1. The van der Waals surface area contributed by atoms with Gasteiger partial charge < -0.3 is 10.6 Å². The summed E-state index contributed by atoms with van der Waals surface area (Å²) in [5.74, 6) is 1.26. The molecule has 0 aromatic heterocycles. The van der Waals surface area contributed by atoms with E-state index in [2.05, 4.69) is 34.3 Å². The van der Waals surface area contributed by atoms with Crippen LogP contribution in [0, 0.1) is 11.8 Å². The largest absolute Gasteiger partial charge is 0.352 e. The van der Waals surface area contributed by atoms with Gasteiger partial charge in [-0.3, -0.25) is 19.4 Å². The number of nitrogens with one attached hydrogen (secondary N) is 2. The molecular formula is C23H35ClN4O2. The van der Waals surface area contributed by atoms with Gasteiger partial charge in [0.2, 0.25) is 11.8 Å². The number of rotatable bonds is 6. The van der Waals surface area contributed by atoms with Crippen LogP contribution >= 0.6 is 11.6 Å². The van der Waals surface area contributed by atoms with Crippen molar-refractivity contribution >= 4 is 29.1 Å². The quantitative estimate of drug-likeness (QED) is 0.721. The molecule has 1 aromatic rings. The molecule has 30 heavy (non-hydrogen) atoms. The van der Waals surface area contributed by atoms with Gasteiger partial charge in [-0.1, -0.05) is 50.4 Å². The highest BCUT2D eigenvalue weighted by atomic mass is 35.5. The Morgan fingerprint density at radius 1 is 1.13 bits per heavy atom. The average molecular weight is 435 g/mol. The maximum absolute atomic E-state index is 12.8. The van der Waals surface area contributed by atoms with E-state index in [9.17, 15) is 9.59 Å². The van der Waals surface area contributed by atoms with Crippen LogP contribution < -0.4 is 10.6 Å². The minimum absolute atomic E-state index is 0.0669. The molecule has 7 heteroatoms. The molecule has 1 aliphatic heterocycles. The van der Waals surface area contributed by atoms with Gasteiger partial charge in [0.25, 0.3) is 0 Å². The number of piperazine rings is 1. The van der Waals surface area contributed by atoms with E-state index in [0.29, 0.717) is 35.1 Å². The Balaban J connectivity index is 1.42. The van der Waals surface area contributed by atoms with E-state index >= 15 is 0 Å². The molecule has 4 atom stereocenters. The summed E-state index contributed by atoms with van der Waals surface area (Å²) in [6.07, 6.45) is 3.53. The maximum Gasteiger partial charge on any atom is 0.238 e. The molecule has 0 radical (unpaired) electrons. The molecule has 0 unspecified atom stereocenters. The first-order valence-electron chi connectivity index (χ1n) is 11.2. The van der Waals surface area contributed by atoms with Crippen molar-refractivity contribution in [3.8, 4) is 0 Å². The zero-order valence-electron chi connectivity index (χ0n) is 18.4. The minimum Gasteiger partial charge on any atom is -0.352 e. The highest BCUT2D eigenvalue weighted by Crippen LogP contribution is 2.29. The Labute approximate surface area is 185 Å². The fourth-order valence-corrected chi connectivity index (χ4v) is 4.70. The van der Waals surface area contributed by atoms with E-state index in [-0.39, 0.29) is 17.9 Å². The standard InChI is InChI=1S/C23H35ClN4O2/c1-16-7-6-10-20(17(16)2)26-23(30)18(3)28-13-11-27(12-14-28)15-22(29)25-21-9-5-4-8-19(21)24/h4-5,8-9,16-18,20H,6-7,10-15H2,1-3H3,(H,25,29)(H,26,30)/t16-,17+,18+,20-/m0/s1. The second-order valence-electron chi connectivity index (χ2n) is 8.90. The van der Waals surface area contributed by atoms with Gasteiger partial charge >= 0.3 is 0 Å². The lowest BCUT2D eigenvalue weighted by Gasteiger charge is -2.39. The highest BCUT2D eigenvalue weighted by molar-refractivity contribution is 6.33. The third kappa shape index (κ3) is 5.96. The number of para-hydroxylation sites is 1. The van der Waals surface area contributed by atoms with Crippen molar-refractivity contribution in [1.82, 2.24) is 15.1 Å². The summed E-state index contributed by atoms with van der Waals surface area (Å²) < 4.78 is 0. The molecule has 1 aliphatic carbocycles. The first-order valence-corrected chi connectivity index (χ1v) is 11.5. The summed E-state index contributed by atoms with van der Waals surface area (Å²) in [5, 5.41) is 6.71. The molecule has 1 saturated carbocycles. The topological polar surface area (TPSA) is 64.7 Å². The third-order valence-electron chi connectivity index (χ3n) is 6.88. The number of hydrogen-bond donors (Lipinski definition) is 2. The molecule has 2 aliphatic rings. The first kappa shape index (κ1) is 23.0. The van der Waals surface area contributed by atoms with Crippen LogP contribution in [0.4, 0.5) is 5.69 Å². The SMILES string of the molecule is C[C@H]1[C@@H](NC(=O)[C@@H](C)N2CCN(CC(=O)Nc3ccccc3Cl)CC2)CCC[C@@H]1C. The van der Waals surface area contributed by atoms with Crippen LogP contribution in [-0.4, -0.2) is 66.4 Å². The number of benzene rings is 1. The van der Waals surface area contributed by atoms with E-state index in [1.807, 2.05) is 19.1 Å². The molecule has 1 aromatic carbocycles. The number of hydrogen-bond acceptors (Lipinski definition) is 4. The van der Waals surface area contributed by atoms with E-state index in [1.165, 1.54) is 12.8 Å². The molecule has 0 spiro atoms. The molecule has 3 rings (SSSR count). The molecule has 166 valence electrons. The van der Waals surface area contributed by atoms with Crippen molar-refractivity contribution in [2.75, 3.05) is 38.0 Å². The predicted octanol–water partition coefficient (Wildman–Crippen LogP) is 3.23. The van der Waals surface area contributed by atoms with Gasteiger partial charge in [-0.05, 0) is 37.3 Å². The first-order chi connectivity index (χ1) is 14.3. The van der Waals surface area contributed by atoms with Gasteiger partial charge in [0, 0.05) is 32.2 Å². The molecule has 6 nitrogen and oxygen atoms in total.